The molecule has 4 aliphatic rings. The second-order valence-corrected chi connectivity index (χ2v) is 17.4. The Kier molecular flexibility index (Phi) is 10.4. The van der Waals surface area contributed by atoms with Gasteiger partial charge in [0, 0.05) is 98.3 Å². The van der Waals surface area contributed by atoms with Crippen molar-refractivity contribution in [3.63, 3.8) is 0 Å². The zero-order chi connectivity index (χ0) is 41.9. The van der Waals surface area contributed by atoms with Gasteiger partial charge in [0.05, 0.1) is 40.4 Å². The fourth-order valence-corrected chi connectivity index (χ4v) is 9.62. The number of rotatable bonds is 9. The van der Waals surface area contributed by atoms with E-state index in [1.54, 1.807) is 32.0 Å². The summed E-state index contributed by atoms with van der Waals surface area (Å²) in [5.41, 5.74) is 2.09. The summed E-state index contributed by atoms with van der Waals surface area (Å²) < 4.78 is 33.7. The number of hydrogen-bond donors (Lipinski definition) is 3. The number of carbonyl (C=O) groups excluding carboxylic acids is 3. The van der Waals surface area contributed by atoms with Crippen molar-refractivity contribution in [3.05, 3.63) is 88.9 Å². The Balaban J connectivity index is 0.766. The van der Waals surface area contributed by atoms with Gasteiger partial charge in [-0.25, -0.2) is 13.3 Å². The third-order valence-electron chi connectivity index (χ3n) is 12.9. The van der Waals surface area contributed by atoms with E-state index in [9.17, 15) is 24.8 Å². The van der Waals surface area contributed by atoms with E-state index >= 15 is 8.78 Å². The van der Waals surface area contributed by atoms with Gasteiger partial charge in [0.2, 0.25) is 11.8 Å². The molecule has 2 aromatic carbocycles. The summed E-state index contributed by atoms with van der Waals surface area (Å²) in [4.78, 5) is 44.4. The number of piperidine rings is 1. The van der Waals surface area contributed by atoms with Crippen LogP contribution in [0.15, 0.2) is 54.9 Å². The first kappa shape index (κ1) is 39.7. The standard InChI is InChI=1S/C44H48F2N10O4/c1-44(2,60)34-19-37-28(16-38(34)49-43(59)39-9-7-31-15-26(20-47)21-48-56(31)39)25-55(51-37)30-5-3-29(4-6-30)53-13-11-52(12-14-53)22-27-23-54(24-27)32-17-35(45)41(36(46)18-32)33-8-10-40(57)50-42(33)58/h7,9,15-19,21,25,27,29-30,33,60H,3-6,8,10-14,22-24H2,1-2H3,(H,49,59)(H,50,57,58)/t29?,30?,33-/m1/s1. The maximum absolute atomic E-state index is 15.1. The van der Waals surface area contributed by atoms with Crippen LogP contribution in [-0.4, -0.2) is 104 Å². The van der Waals surface area contributed by atoms with E-state index in [2.05, 4.69) is 31.6 Å². The molecule has 312 valence electrons. The summed E-state index contributed by atoms with van der Waals surface area (Å²) in [5, 5.41) is 35.6. The smallest absolute Gasteiger partial charge is 0.274 e. The van der Waals surface area contributed by atoms with E-state index < -0.39 is 35.0 Å². The first-order chi connectivity index (χ1) is 28.8. The Bertz CT molecular complexity index is 2510. The average Bonchev–Trinajstić information content (AvgIpc) is 3.83. The van der Waals surface area contributed by atoms with E-state index in [1.807, 2.05) is 27.9 Å². The molecule has 3 saturated heterocycles. The minimum Gasteiger partial charge on any atom is -0.386 e. The lowest BCUT2D eigenvalue weighted by Gasteiger charge is -2.46. The Morgan fingerprint density at radius 2 is 1.70 bits per heavy atom. The second-order valence-electron chi connectivity index (χ2n) is 17.4. The third kappa shape index (κ3) is 7.73. The molecule has 0 radical (unpaired) electrons. The molecule has 0 unspecified atom stereocenters. The summed E-state index contributed by atoms with van der Waals surface area (Å²) in [5.74, 6) is -3.55. The first-order valence-electron chi connectivity index (χ1n) is 20.8. The molecule has 6 heterocycles. The number of nitrogens with one attached hydrogen (secondary N) is 2. The summed E-state index contributed by atoms with van der Waals surface area (Å²) >= 11 is 0. The zero-order valence-corrected chi connectivity index (χ0v) is 33.7. The van der Waals surface area contributed by atoms with Crippen LogP contribution in [0.3, 0.4) is 0 Å². The van der Waals surface area contributed by atoms with Crippen LogP contribution in [0.25, 0.3) is 16.4 Å². The maximum Gasteiger partial charge on any atom is 0.274 e. The van der Waals surface area contributed by atoms with Crippen molar-refractivity contribution in [1.29, 1.82) is 5.26 Å². The Morgan fingerprint density at radius 1 is 0.983 bits per heavy atom. The van der Waals surface area contributed by atoms with Crippen LogP contribution in [0.5, 0.6) is 0 Å². The predicted octanol–water partition coefficient (Wildman–Crippen LogP) is 5.07. The van der Waals surface area contributed by atoms with Crippen LogP contribution in [0, 0.1) is 28.9 Å². The van der Waals surface area contributed by atoms with Gasteiger partial charge >= 0.3 is 0 Å². The molecule has 9 rings (SSSR count). The van der Waals surface area contributed by atoms with Gasteiger partial charge in [0.25, 0.3) is 5.91 Å². The van der Waals surface area contributed by atoms with Gasteiger partial charge < -0.3 is 20.2 Å². The van der Waals surface area contributed by atoms with E-state index in [-0.39, 0.29) is 30.4 Å². The second kappa shape index (κ2) is 15.7. The number of amides is 3. The van der Waals surface area contributed by atoms with Crippen LogP contribution >= 0.6 is 0 Å². The molecule has 3 aliphatic heterocycles. The van der Waals surface area contributed by atoms with Crippen LogP contribution in [-0.2, 0) is 15.2 Å². The number of nitriles is 1. The van der Waals surface area contributed by atoms with Crippen molar-refractivity contribution >= 4 is 45.5 Å². The normalized spacial score (nSPS) is 22.2. The number of imide groups is 1. The highest BCUT2D eigenvalue weighted by Crippen LogP contribution is 2.37. The van der Waals surface area contributed by atoms with Crippen LogP contribution < -0.4 is 15.5 Å². The Hall–Kier alpha value is -5.76. The molecular formula is C44H48F2N10O4. The minimum absolute atomic E-state index is 0.0609. The maximum atomic E-state index is 15.1. The molecular weight excluding hydrogens is 771 g/mol. The van der Waals surface area contributed by atoms with Crippen molar-refractivity contribution in [3.8, 4) is 6.07 Å². The number of nitrogens with zero attached hydrogens (tertiary/aromatic N) is 8. The molecule has 16 heteroatoms. The summed E-state index contributed by atoms with van der Waals surface area (Å²) in [6.45, 7) is 9.69. The highest BCUT2D eigenvalue weighted by Gasteiger charge is 2.36. The third-order valence-corrected chi connectivity index (χ3v) is 12.9. The van der Waals surface area contributed by atoms with Crippen LogP contribution in [0.2, 0.25) is 0 Å². The van der Waals surface area contributed by atoms with E-state index in [0.717, 1.165) is 69.3 Å². The molecule has 14 nitrogen and oxygen atoms in total. The molecule has 4 fully saturated rings. The minimum atomic E-state index is -1.25. The lowest BCUT2D eigenvalue weighted by molar-refractivity contribution is -0.134. The largest absolute Gasteiger partial charge is 0.386 e. The highest BCUT2D eigenvalue weighted by atomic mass is 19.1. The van der Waals surface area contributed by atoms with Crippen molar-refractivity contribution in [2.45, 2.75) is 76.0 Å². The van der Waals surface area contributed by atoms with Crippen LogP contribution in [0.1, 0.15) is 91.5 Å². The lowest BCUT2D eigenvalue weighted by atomic mass is 9.89. The molecule has 3 N–H and O–H groups in total. The molecule has 3 aromatic heterocycles. The number of hydrogen-bond acceptors (Lipinski definition) is 10. The van der Waals surface area contributed by atoms with E-state index in [0.29, 0.717) is 58.8 Å². The fraction of sp³-hybridized carbons (Fsp3) is 0.455. The van der Waals surface area contributed by atoms with Gasteiger partial charge in [-0.05, 0) is 88.4 Å². The molecule has 1 aliphatic carbocycles. The quantitative estimate of drug-likeness (QED) is 0.171. The summed E-state index contributed by atoms with van der Waals surface area (Å²) in [7, 11) is 0. The topological polar surface area (TPSA) is 164 Å². The van der Waals surface area contributed by atoms with Gasteiger partial charge in [-0.1, -0.05) is 0 Å². The van der Waals surface area contributed by atoms with Gasteiger partial charge in [0.1, 0.15) is 23.4 Å². The summed E-state index contributed by atoms with van der Waals surface area (Å²) in [6.07, 6.45) is 7.74. The predicted molar refractivity (Wildman–Crippen MR) is 219 cm³/mol. The number of anilines is 2. The number of benzene rings is 2. The van der Waals surface area contributed by atoms with E-state index in [4.69, 9.17) is 5.10 Å². The zero-order valence-electron chi connectivity index (χ0n) is 33.7. The molecule has 60 heavy (non-hydrogen) atoms. The van der Waals surface area contributed by atoms with Crippen molar-refractivity contribution in [1.82, 2.24) is 34.5 Å². The van der Waals surface area contributed by atoms with Crippen molar-refractivity contribution < 1.29 is 28.3 Å². The highest BCUT2D eigenvalue weighted by molar-refractivity contribution is 6.05. The fourth-order valence-electron chi connectivity index (χ4n) is 9.62. The van der Waals surface area contributed by atoms with Crippen molar-refractivity contribution in [2.75, 3.05) is 56.0 Å². The molecule has 1 saturated carbocycles. The molecule has 3 amide bonds. The monoisotopic (exact) mass is 818 g/mol. The molecule has 5 aromatic rings. The average molecular weight is 819 g/mol. The number of aliphatic hydroxyl groups is 1. The lowest BCUT2D eigenvalue weighted by Crippen LogP contribution is -2.56. The first-order valence-corrected chi connectivity index (χ1v) is 20.8. The summed E-state index contributed by atoms with van der Waals surface area (Å²) in [6, 6.07) is 14.2. The van der Waals surface area contributed by atoms with Crippen LogP contribution in [0.4, 0.5) is 20.2 Å². The van der Waals surface area contributed by atoms with Gasteiger partial charge in [-0.2, -0.15) is 15.5 Å². The number of halogens is 2. The number of fused-ring (bicyclic) bond motifs is 2. The molecule has 1 atom stereocenters. The molecule has 0 bridgehead atoms. The number of piperazine rings is 1. The van der Waals surface area contributed by atoms with Gasteiger partial charge in [0.15, 0.2) is 0 Å². The van der Waals surface area contributed by atoms with E-state index in [1.165, 1.54) is 22.8 Å². The van der Waals surface area contributed by atoms with Crippen molar-refractivity contribution in [2.24, 2.45) is 5.92 Å². The van der Waals surface area contributed by atoms with Gasteiger partial charge in [-0.15, -0.1) is 0 Å². The SMILES string of the molecule is CC(C)(O)c1cc2nn(C3CCC(N4CCN(CC5CN(c6cc(F)c([C@H]7CCC(=O)NC7=O)c(F)c6)C5)CC4)CC3)cc2cc1NC(=O)c1ccc2cc(C#N)cnn12. The number of carbonyl (C=O) groups is 3. The number of aromatic nitrogens is 4. The Morgan fingerprint density at radius 3 is 2.38 bits per heavy atom. The molecule has 0 spiro atoms. The Labute approximate surface area is 345 Å². The van der Waals surface area contributed by atoms with Gasteiger partial charge in [-0.3, -0.25) is 29.3 Å².